The number of amides is 2. The van der Waals surface area contributed by atoms with Gasteiger partial charge in [0.05, 0.1) is 13.2 Å². The fourth-order valence-electron chi connectivity index (χ4n) is 3.58. The van der Waals surface area contributed by atoms with Gasteiger partial charge in [-0.1, -0.05) is 44.2 Å². The highest BCUT2D eigenvalue weighted by Crippen LogP contribution is 2.21. The molecule has 2 aromatic heterocycles. The van der Waals surface area contributed by atoms with Crippen molar-refractivity contribution in [2.24, 2.45) is 11.7 Å². The van der Waals surface area contributed by atoms with E-state index in [1.807, 2.05) is 44.2 Å². The highest BCUT2D eigenvalue weighted by molar-refractivity contribution is 5.92. The SMILES string of the molecule is COC(=O)c1coc([C@H](CCCNC(=O)OCc2ccccc2)NC(=O)c2coc([C@@H](N)CC(C)C)n2)n1.Cl. The van der Waals surface area contributed by atoms with Gasteiger partial charge in [-0.3, -0.25) is 4.79 Å². The first kappa shape index (κ1) is 31.3. The molecule has 3 rings (SSSR count). The third-order valence-corrected chi connectivity index (χ3v) is 5.47. The Morgan fingerprint density at radius 2 is 1.69 bits per heavy atom. The molecule has 0 fully saturated rings. The number of carbonyl (C=O) groups is 3. The fourth-order valence-corrected chi connectivity index (χ4v) is 3.58. The van der Waals surface area contributed by atoms with Gasteiger partial charge in [0.1, 0.15) is 25.2 Å². The summed E-state index contributed by atoms with van der Waals surface area (Å²) >= 11 is 0. The molecule has 0 aliphatic rings. The van der Waals surface area contributed by atoms with Crippen LogP contribution in [0, 0.1) is 5.92 Å². The van der Waals surface area contributed by atoms with Crippen molar-refractivity contribution in [2.75, 3.05) is 13.7 Å². The number of rotatable bonds is 13. The van der Waals surface area contributed by atoms with Crippen molar-refractivity contribution < 1.29 is 32.7 Å². The van der Waals surface area contributed by atoms with E-state index in [4.69, 9.17) is 19.3 Å². The summed E-state index contributed by atoms with van der Waals surface area (Å²) in [5, 5.41) is 5.46. The summed E-state index contributed by atoms with van der Waals surface area (Å²) in [5.41, 5.74) is 6.99. The van der Waals surface area contributed by atoms with E-state index < -0.39 is 30.1 Å². The first-order valence-electron chi connectivity index (χ1n) is 12.3. The Morgan fingerprint density at radius 1 is 1.03 bits per heavy atom. The second-order valence-electron chi connectivity index (χ2n) is 9.03. The molecular formula is C26H34ClN5O7. The number of alkyl carbamates (subject to hydrolysis) is 1. The molecule has 13 heteroatoms. The van der Waals surface area contributed by atoms with Crippen LogP contribution >= 0.6 is 12.4 Å². The maximum absolute atomic E-state index is 12.9. The molecule has 0 aliphatic carbocycles. The number of hydrogen-bond acceptors (Lipinski definition) is 10. The second kappa shape index (κ2) is 15.5. The van der Waals surface area contributed by atoms with Crippen molar-refractivity contribution in [2.45, 2.75) is 51.8 Å². The van der Waals surface area contributed by atoms with Crippen LogP contribution in [-0.4, -0.2) is 41.6 Å². The minimum Gasteiger partial charge on any atom is -0.464 e. The largest absolute Gasteiger partial charge is 0.464 e. The number of oxazole rings is 2. The smallest absolute Gasteiger partial charge is 0.407 e. The van der Waals surface area contributed by atoms with Crippen LogP contribution in [0.2, 0.25) is 0 Å². The molecule has 0 spiro atoms. The number of benzene rings is 1. The molecule has 2 heterocycles. The predicted molar refractivity (Wildman–Crippen MR) is 142 cm³/mol. The van der Waals surface area contributed by atoms with Crippen molar-refractivity contribution in [3.63, 3.8) is 0 Å². The molecule has 4 N–H and O–H groups in total. The molecule has 0 unspecified atom stereocenters. The topological polar surface area (TPSA) is 172 Å². The fraction of sp³-hybridized carbons (Fsp3) is 0.423. The van der Waals surface area contributed by atoms with E-state index in [1.54, 1.807) is 0 Å². The summed E-state index contributed by atoms with van der Waals surface area (Å²) in [6.07, 6.45) is 3.23. The molecule has 2 amide bonds. The van der Waals surface area contributed by atoms with Crippen molar-refractivity contribution in [3.8, 4) is 0 Å². The molecule has 39 heavy (non-hydrogen) atoms. The van der Waals surface area contributed by atoms with Crippen LogP contribution in [0.5, 0.6) is 0 Å². The van der Waals surface area contributed by atoms with Gasteiger partial charge in [0, 0.05) is 6.54 Å². The molecule has 212 valence electrons. The Labute approximate surface area is 232 Å². The average Bonchev–Trinajstić information content (AvgIpc) is 3.60. The maximum Gasteiger partial charge on any atom is 0.407 e. The van der Waals surface area contributed by atoms with E-state index >= 15 is 0 Å². The summed E-state index contributed by atoms with van der Waals surface area (Å²) in [6.45, 7) is 4.47. The first-order valence-corrected chi connectivity index (χ1v) is 12.3. The molecule has 0 radical (unpaired) electrons. The lowest BCUT2D eigenvalue weighted by molar-refractivity contribution is 0.0593. The number of carbonyl (C=O) groups excluding carboxylic acids is 3. The minimum atomic E-state index is -0.729. The quantitative estimate of drug-likeness (QED) is 0.203. The van der Waals surface area contributed by atoms with Crippen LogP contribution < -0.4 is 16.4 Å². The number of halogens is 1. The predicted octanol–water partition coefficient (Wildman–Crippen LogP) is 4.09. The lowest BCUT2D eigenvalue weighted by atomic mass is 10.0. The van der Waals surface area contributed by atoms with Gasteiger partial charge >= 0.3 is 12.1 Å². The van der Waals surface area contributed by atoms with Gasteiger partial charge in [-0.2, -0.15) is 0 Å². The lowest BCUT2D eigenvalue weighted by Gasteiger charge is -2.15. The Hall–Kier alpha value is -3.90. The molecule has 12 nitrogen and oxygen atoms in total. The summed E-state index contributed by atoms with van der Waals surface area (Å²) in [5.74, 6) is -0.506. The van der Waals surface area contributed by atoms with Crippen LogP contribution in [0.1, 0.15) is 83.5 Å². The van der Waals surface area contributed by atoms with Gasteiger partial charge in [0.2, 0.25) is 11.8 Å². The average molecular weight is 564 g/mol. The molecule has 0 aliphatic heterocycles. The molecular weight excluding hydrogens is 530 g/mol. The number of aromatic nitrogens is 2. The molecule has 0 saturated heterocycles. The van der Waals surface area contributed by atoms with Crippen LogP contribution in [0.3, 0.4) is 0 Å². The number of hydrogen-bond donors (Lipinski definition) is 3. The molecule has 3 aromatic rings. The highest BCUT2D eigenvalue weighted by Gasteiger charge is 2.25. The number of esters is 1. The van der Waals surface area contributed by atoms with E-state index in [-0.39, 0.29) is 48.7 Å². The zero-order chi connectivity index (χ0) is 27.5. The number of nitrogens with two attached hydrogens (primary N) is 1. The van der Waals surface area contributed by atoms with Gasteiger partial charge < -0.3 is 34.7 Å². The van der Waals surface area contributed by atoms with E-state index in [1.165, 1.54) is 13.4 Å². The minimum absolute atomic E-state index is 0. The van der Waals surface area contributed by atoms with Gasteiger partial charge in [-0.25, -0.2) is 19.6 Å². The van der Waals surface area contributed by atoms with E-state index in [0.717, 1.165) is 11.8 Å². The van der Waals surface area contributed by atoms with Crippen LogP contribution in [0.25, 0.3) is 0 Å². The summed E-state index contributed by atoms with van der Waals surface area (Å²) in [4.78, 5) is 45.1. The summed E-state index contributed by atoms with van der Waals surface area (Å²) in [7, 11) is 1.23. The number of nitrogens with one attached hydrogen (secondary N) is 2. The van der Waals surface area contributed by atoms with Gasteiger partial charge in [-0.15, -0.1) is 12.4 Å². The normalized spacial score (nSPS) is 12.2. The Morgan fingerprint density at radius 3 is 2.38 bits per heavy atom. The van der Waals surface area contributed by atoms with Crippen molar-refractivity contribution in [1.82, 2.24) is 20.6 Å². The number of nitrogens with zero attached hydrogens (tertiary/aromatic N) is 2. The van der Waals surface area contributed by atoms with E-state index in [2.05, 4.69) is 25.3 Å². The standard InChI is InChI=1S/C26H33N5O7.ClH/c1-16(2)12-18(27)23-30-20(14-36-23)22(32)29-19(24-31-21(15-37-24)25(33)35-3)10-7-11-28-26(34)38-13-17-8-5-4-6-9-17;/h4-6,8-9,14-16,18-19H,7,10-13,27H2,1-3H3,(H,28,34)(H,29,32);1H/t18-,19-;/m0./s1. The van der Waals surface area contributed by atoms with Crippen molar-refractivity contribution in [3.05, 3.63) is 71.6 Å². The Balaban J connectivity index is 0.00000533. The Bertz CT molecular complexity index is 1200. The van der Waals surface area contributed by atoms with Crippen molar-refractivity contribution >= 4 is 30.4 Å². The third kappa shape index (κ3) is 9.73. The van der Waals surface area contributed by atoms with Crippen LogP contribution in [0.15, 0.2) is 51.7 Å². The van der Waals surface area contributed by atoms with Gasteiger partial charge in [-0.05, 0) is 30.7 Å². The maximum atomic E-state index is 12.9. The Kier molecular flexibility index (Phi) is 12.4. The van der Waals surface area contributed by atoms with E-state index in [0.29, 0.717) is 25.2 Å². The van der Waals surface area contributed by atoms with Gasteiger partial charge in [0.25, 0.3) is 5.91 Å². The van der Waals surface area contributed by atoms with Crippen LogP contribution in [0.4, 0.5) is 4.79 Å². The molecule has 0 bridgehead atoms. The zero-order valence-electron chi connectivity index (χ0n) is 22.0. The number of methoxy groups -OCH3 is 1. The monoisotopic (exact) mass is 563 g/mol. The second-order valence-corrected chi connectivity index (χ2v) is 9.03. The van der Waals surface area contributed by atoms with Crippen molar-refractivity contribution in [1.29, 1.82) is 0 Å². The number of ether oxygens (including phenoxy) is 2. The molecule has 1 aromatic carbocycles. The zero-order valence-corrected chi connectivity index (χ0v) is 22.9. The third-order valence-electron chi connectivity index (χ3n) is 5.47. The highest BCUT2D eigenvalue weighted by atomic mass is 35.5. The lowest BCUT2D eigenvalue weighted by Crippen LogP contribution is -2.31. The van der Waals surface area contributed by atoms with Crippen LogP contribution in [-0.2, 0) is 16.1 Å². The first-order chi connectivity index (χ1) is 18.3. The van der Waals surface area contributed by atoms with Gasteiger partial charge in [0.15, 0.2) is 11.4 Å². The van der Waals surface area contributed by atoms with E-state index in [9.17, 15) is 14.4 Å². The molecule has 0 saturated carbocycles. The summed E-state index contributed by atoms with van der Waals surface area (Å²) < 4.78 is 20.7. The molecule has 2 atom stereocenters. The summed E-state index contributed by atoms with van der Waals surface area (Å²) in [6, 6.07) is 8.15.